The summed E-state index contributed by atoms with van der Waals surface area (Å²) in [6.07, 6.45) is 1.18. The third-order valence-corrected chi connectivity index (χ3v) is 6.81. The quantitative estimate of drug-likeness (QED) is 0.503. The Hall–Kier alpha value is -3.68. The summed E-state index contributed by atoms with van der Waals surface area (Å²) in [6.45, 7) is 3.98. The molecule has 2 aromatic carbocycles. The average molecular weight is 432 g/mol. The highest BCUT2D eigenvalue weighted by Crippen LogP contribution is 2.43. The molecule has 1 aromatic heterocycles. The van der Waals surface area contributed by atoms with Crippen molar-refractivity contribution < 1.29 is 14.5 Å². The van der Waals surface area contributed by atoms with Gasteiger partial charge in [-0.1, -0.05) is 37.3 Å². The molecule has 0 unspecified atom stereocenters. The number of H-pyrrole nitrogens is 1. The zero-order valence-corrected chi connectivity index (χ0v) is 17.9. The lowest BCUT2D eigenvalue weighted by molar-refractivity contribution is -0.384. The first-order valence-corrected chi connectivity index (χ1v) is 10.9. The summed E-state index contributed by atoms with van der Waals surface area (Å²) in [6, 6.07) is 12.9. The van der Waals surface area contributed by atoms with Crippen molar-refractivity contribution >= 4 is 28.4 Å². The molecule has 3 aromatic rings. The number of fused-ring (bicyclic) bond motifs is 4. The third kappa shape index (κ3) is 2.97. The van der Waals surface area contributed by atoms with E-state index in [1.165, 1.54) is 12.1 Å². The Balaban J connectivity index is 1.71. The monoisotopic (exact) mass is 432 g/mol. The molecular weight excluding hydrogens is 408 g/mol. The van der Waals surface area contributed by atoms with Crippen molar-refractivity contribution in [2.45, 2.75) is 44.8 Å². The molecule has 2 aliphatic rings. The van der Waals surface area contributed by atoms with E-state index in [1.807, 2.05) is 38.1 Å². The highest BCUT2D eigenvalue weighted by molar-refractivity contribution is 5.97. The number of nitro groups is 1. The molecule has 8 heteroatoms. The van der Waals surface area contributed by atoms with Gasteiger partial charge in [0, 0.05) is 41.2 Å². The zero-order chi connectivity index (χ0) is 22.6. The lowest BCUT2D eigenvalue weighted by Crippen LogP contribution is -2.64. The van der Waals surface area contributed by atoms with Crippen LogP contribution in [-0.4, -0.2) is 50.1 Å². The van der Waals surface area contributed by atoms with E-state index in [4.69, 9.17) is 0 Å². The predicted octanol–water partition coefficient (Wildman–Crippen LogP) is 3.56. The molecule has 3 atom stereocenters. The van der Waals surface area contributed by atoms with Crippen LogP contribution in [0.15, 0.2) is 48.5 Å². The Morgan fingerprint density at radius 1 is 1.19 bits per heavy atom. The van der Waals surface area contributed by atoms with Crippen LogP contribution >= 0.6 is 0 Å². The molecular formula is C24H24N4O4. The van der Waals surface area contributed by atoms with Gasteiger partial charge < -0.3 is 14.8 Å². The van der Waals surface area contributed by atoms with E-state index in [-0.39, 0.29) is 30.1 Å². The summed E-state index contributed by atoms with van der Waals surface area (Å²) >= 11 is 0. The number of aromatic nitrogens is 1. The zero-order valence-electron chi connectivity index (χ0n) is 17.9. The first-order chi connectivity index (χ1) is 15.4. The van der Waals surface area contributed by atoms with Crippen molar-refractivity contribution in [3.63, 3.8) is 0 Å². The van der Waals surface area contributed by atoms with Gasteiger partial charge in [-0.15, -0.1) is 0 Å². The number of nitrogens with one attached hydrogen (secondary N) is 1. The molecule has 0 spiro atoms. The number of benzene rings is 2. The molecule has 0 aliphatic carbocycles. The topological polar surface area (TPSA) is 99.5 Å². The molecule has 3 heterocycles. The number of nitro benzene ring substituents is 1. The molecule has 32 heavy (non-hydrogen) atoms. The number of hydrogen-bond acceptors (Lipinski definition) is 4. The van der Waals surface area contributed by atoms with E-state index < -0.39 is 17.0 Å². The number of para-hydroxylation sites is 1. The van der Waals surface area contributed by atoms with Crippen molar-refractivity contribution in [2.24, 2.45) is 0 Å². The first-order valence-electron chi connectivity index (χ1n) is 10.9. The van der Waals surface area contributed by atoms with Gasteiger partial charge in [-0.2, -0.15) is 0 Å². The maximum absolute atomic E-state index is 13.5. The molecule has 1 N–H and O–H groups in total. The summed E-state index contributed by atoms with van der Waals surface area (Å²) in [7, 11) is 0. The standard InChI is InChI=1S/C24H24N4O4/c1-3-14(2)26-13-21(29)27-20(24(26)30)12-18-17-9-4-5-10-19(17)25-22(18)23(27)15-7-6-8-16(11-15)28(31)32/h4-11,14,20,23,25H,3,12-13H2,1-2H3/t14-,20+,23+/m1/s1. The molecule has 0 saturated carbocycles. The van der Waals surface area contributed by atoms with Gasteiger partial charge in [0.2, 0.25) is 11.8 Å². The smallest absolute Gasteiger partial charge is 0.269 e. The number of aromatic amines is 1. The largest absolute Gasteiger partial charge is 0.356 e. The summed E-state index contributed by atoms with van der Waals surface area (Å²) in [5.74, 6) is -0.207. The number of carbonyl (C=O) groups is 2. The normalized spacial score (nSPS) is 21.4. The van der Waals surface area contributed by atoms with Crippen LogP contribution in [0, 0.1) is 10.1 Å². The first kappa shape index (κ1) is 20.2. The molecule has 0 bridgehead atoms. The summed E-state index contributed by atoms with van der Waals surface area (Å²) in [5.41, 5.74) is 3.31. The average Bonchev–Trinajstić information content (AvgIpc) is 3.18. The lowest BCUT2D eigenvalue weighted by Gasteiger charge is -2.48. The number of hydrogen-bond donors (Lipinski definition) is 1. The Morgan fingerprint density at radius 3 is 2.72 bits per heavy atom. The Labute approximate surface area is 185 Å². The van der Waals surface area contributed by atoms with Gasteiger partial charge in [0.05, 0.1) is 11.0 Å². The van der Waals surface area contributed by atoms with Crippen LogP contribution in [0.5, 0.6) is 0 Å². The van der Waals surface area contributed by atoms with Crippen molar-refractivity contribution in [1.29, 1.82) is 0 Å². The molecule has 164 valence electrons. The van der Waals surface area contributed by atoms with Crippen LogP contribution < -0.4 is 0 Å². The molecule has 5 rings (SSSR count). The van der Waals surface area contributed by atoms with Gasteiger partial charge in [0.25, 0.3) is 5.69 Å². The Bertz CT molecular complexity index is 1250. The molecule has 2 aliphatic heterocycles. The van der Waals surface area contributed by atoms with Crippen molar-refractivity contribution in [3.8, 4) is 0 Å². The SMILES string of the molecule is CC[C@@H](C)N1CC(=O)N2[C@@H](c3cccc([N+](=O)[O-])c3)c3[nH]c4ccccc4c3C[C@H]2C1=O. The van der Waals surface area contributed by atoms with E-state index in [0.717, 1.165) is 28.6 Å². The maximum Gasteiger partial charge on any atom is 0.269 e. The number of piperazine rings is 1. The fraction of sp³-hybridized carbons (Fsp3) is 0.333. The summed E-state index contributed by atoms with van der Waals surface area (Å²) < 4.78 is 0. The van der Waals surface area contributed by atoms with E-state index in [0.29, 0.717) is 12.0 Å². The molecule has 1 saturated heterocycles. The van der Waals surface area contributed by atoms with Crippen molar-refractivity contribution in [3.05, 3.63) is 75.5 Å². The lowest BCUT2D eigenvalue weighted by atomic mass is 9.85. The van der Waals surface area contributed by atoms with Gasteiger partial charge in [-0.05, 0) is 30.5 Å². The number of rotatable bonds is 4. The maximum atomic E-state index is 13.5. The number of non-ortho nitro benzene ring substituents is 1. The molecule has 2 amide bonds. The van der Waals surface area contributed by atoms with Crippen molar-refractivity contribution in [1.82, 2.24) is 14.8 Å². The Morgan fingerprint density at radius 2 is 1.97 bits per heavy atom. The fourth-order valence-electron chi connectivity index (χ4n) is 5.03. The Kier molecular flexibility index (Phi) is 4.73. The second-order valence-electron chi connectivity index (χ2n) is 8.56. The van der Waals surface area contributed by atoms with Crippen LogP contribution in [0.2, 0.25) is 0 Å². The molecule has 8 nitrogen and oxygen atoms in total. The van der Waals surface area contributed by atoms with Crippen LogP contribution in [0.3, 0.4) is 0 Å². The minimum Gasteiger partial charge on any atom is -0.356 e. The van der Waals surface area contributed by atoms with Gasteiger partial charge in [0.1, 0.15) is 12.6 Å². The minimum absolute atomic E-state index is 0.0192. The summed E-state index contributed by atoms with van der Waals surface area (Å²) in [4.78, 5) is 44.7. The molecule has 0 radical (unpaired) electrons. The van der Waals surface area contributed by atoms with E-state index in [2.05, 4.69) is 4.98 Å². The van der Waals surface area contributed by atoms with E-state index in [1.54, 1.807) is 21.9 Å². The van der Waals surface area contributed by atoms with Crippen molar-refractivity contribution in [2.75, 3.05) is 6.54 Å². The van der Waals surface area contributed by atoms with Crippen LogP contribution in [-0.2, 0) is 16.0 Å². The number of nitrogens with zero attached hydrogens (tertiary/aromatic N) is 3. The minimum atomic E-state index is -0.638. The van der Waals surface area contributed by atoms with E-state index in [9.17, 15) is 19.7 Å². The predicted molar refractivity (Wildman–Crippen MR) is 119 cm³/mol. The van der Waals surface area contributed by atoms with Crippen LogP contribution in [0.4, 0.5) is 5.69 Å². The highest BCUT2D eigenvalue weighted by Gasteiger charge is 2.49. The van der Waals surface area contributed by atoms with E-state index >= 15 is 0 Å². The van der Waals surface area contributed by atoms with Gasteiger partial charge in [0.15, 0.2) is 0 Å². The number of carbonyl (C=O) groups excluding carboxylic acids is 2. The van der Waals surface area contributed by atoms with Gasteiger partial charge in [-0.3, -0.25) is 19.7 Å². The van der Waals surface area contributed by atoms with Crippen LogP contribution in [0.1, 0.15) is 43.1 Å². The number of amides is 2. The molecule has 1 fully saturated rings. The van der Waals surface area contributed by atoms with Gasteiger partial charge >= 0.3 is 0 Å². The summed E-state index contributed by atoms with van der Waals surface area (Å²) in [5, 5.41) is 12.4. The van der Waals surface area contributed by atoms with Crippen LogP contribution in [0.25, 0.3) is 10.9 Å². The fourth-order valence-corrected chi connectivity index (χ4v) is 5.03. The van der Waals surface area contributed by atoms with Gasteiger partial charge in [-0.25, -0.2) is 0 Å². The second kappa shape index (κ2) is 7.47. The highest BCUT2D eigenvalue weighted by atomic mass is 16.6. The second-order valence-corrected chi connectivity index (χ2v) is 8.56. The third-order valence-electron chi connectivity index (χ3n) is 6.81.